The van der Waals surface area contributed by atoms with Gasteiger partial charge in [-0.25, -0.2) is 0 Å². The summed E-state index contributed by atoms with van der Waals surface area (Å²) in [7, 11) is 0. The van der Waals surface area contributed by atoms with E-state index < -0.39 is 0 Å². The molecule has 0 unspecified atom stereocenters. The number of anilines is 1. The number of benzene rings is 2. The van der Waals surface area contributed by atoms with Gasteiger partial charge in [-0.1, -0.05) is 59.8 Å². The fourth-order valence-electron chi connectivity index (χ4n) is 3.02. The number of pyridine rings is 1. The van der Waals surface area contributed by atoms with Gasteiger partial charge < -0.3 is 10.6 Å². The molecule has 9 heteroatoms. The highest BCUT2D eigenvalue weighted by atomic mass is 35.5. The van der Waals surface area contributed by atoms with Crippen LogP contribution in [0, 0.1) is 6.92 Å². The van der Waals surface area contributed by atoms with Crippen LogP contribution in [-0.4, -0.2) is 32.2 Å². The quantitative estimate of drug-likeness (QED) is 0.396. The van der Waals surface area contributed by atoms with E-state index in [0.29, 0.717) is 33.6 Å². The third-order valence-corrected chi connectivity index (χ3v) is 5.92. The molecule has 162 valence electrons. The molecule has 0 bridgehead atoms. The van der Waals surface area contributed by atoms with Gasteiger partial charge in [0.15, 0.2) is 10.8 Å². The number of halogens is 1. The summed E-state index contributed by atoms with van der Waals surface area (Å²) in [4.78, 5) is 24.9. The van der Waals surface area contributed by atoms with E-state index in [1.807, 2.05) is 43.3 Å². The maximum absolute atomic E-state index is 12.6. The molecule has 0 saturated heterocycles. The number of carbonyl (C=O) groups excluding carboxylic acids is 2. The lowest BCUT2D eigenvalue weighted by molar-refractivity contribution is -0.113. The van der Waals surface area contributed by atoms with Gasteiger partial charge in [0.05, 0.1) is 22.0 Å². The van der Waals surface area contributed by atoms with E-state index in [9.17, 15) is 9.59 Å². The molecule has 0 radical (unpaired) electrons. The first-order chi connectivity index (χ1) is 15.5. The lowest BCUT2D eigenvalue weighted by atomic mass is 10.2. The van der Waals surface area contributed by atoms with Crippen LogP contribution in [0.3, 0.4) is 0 Å². The topological polar surface area (TPSA) is 88.4 Å². The van der Waals surface area contributed by atoms with Crippen molar-refractivity contribution in [3.63, 3.8) is 0 Å². The van der Waals surface area contributed by atoms with E-state index >= 15 is 0 Å². The Hall–Kier alpha value is -3.36. The van der Waals surface area contributed by atoms with Gasteiger partial charge in [-0.3, -0.25) is 14.0 Å². The highest BCUT2D eigenvalue weighted by Crippen LogP contribution is 2.24. The second-order valence-electron chi connectivity index (χ2n) is 7.12. The average molecular weight is 466 g/mol. The number of carbonyl (C=O) groups is 2. The Balaban J connectivity index is 1.41. The normalized spacial score (nSPS) is 10.8. The summed E-state index contributed by atoms with van der Waals surface area (Å²) >= 11 is 7.40. The monoisotopic (exact) mass is 465 g/mol. The highest BCUT2D eigenvalue weighted by Gasteiger charge is 2.13. The van der Waals surface area contributed by atoms with Gasteiger partial charge in [0.1, 0.15) is 0 Å². The van der Waals surface area contributed by atoms with Gasteiger partial charge in [-0.15, -0.1) is 10.2 Å². The summed E-state index contributed by atoms with van der Waals surface area (Å²) < 4.78 is 1.70. The van der Waals surface area contributed by atoms with Crippen LogP contribution >= 0.6 is 23.4 Å². The first-order valence-corrected chi connectivity index (χ1v) is 11.2. The summed E-state index contributed by atoms with van der Waals surface area (Å²) in [6.45, 7) is 2.36. The molecule has 32 heavy (non-hydrogen) atoms. The highest BCUT2D eigenvalue weighted by molar-refractivity contribution is 7.99. The minimum Gasteiger partial charge on any atom is -0.348 e. The van der Waals surface area contributed by atoms with Crippen LogP contribution in [0.2, 0.25) is 5.02 Å². The number of aryl methyl sites for hydroxylation is 1. The van der Waals surface area contributed by atoms with Crippen molar-refractivity contribution in [2.45, 2.75) is 18.6 Å². The van der Waals surface area contributed by atoms with Crippen molar-refractivity contribution in [1.82, 2.24) is 19.9 Å². The van der Waals surface area contributed by atoms with Crippen molar-refractivity contribution in [3.8, 4) is 0 Å². The first kappa shape index (κ1) is 21.9. The summed E-state index contributed by atoms with van der Waals surface area (Å²) in [5.74, 6) is -0.295. The van der Waals surface area contributed by atoms with Crippen LogP contribution in [0.4, 0.5) is 5.69 Å². The van der Waals surface area contributed by atoms with E-state index in [-0.39, 0.29) is 17.6 Å². The number of nitrogens with one attached hydrogen (secondary N) is 2. The van der Waals surface area contributed by atoms with E-state index in [1.54, 1.807) is 34.9 Å². The summed E-state index contributed by atoms with van der Waals surface area (Å²) in [6.07, 6.45) is 1.67. The number of hydrogen-bond donors (Lipinski definition) is 2. The van der Waals surface area contributed by atoms with E-state index in [0.717, 1.165) is 11.1 Å². The molecule has 7 nitrogen and oxygen atoms in total. The zero-order valence-corrected chi connectivity index (χ0v) is 18.8. The van der Waals surface area contributed by atoms with Crippen molar-refractivity contribution in [1.29, 1.82) is 0 Å². The van der Waals surface area contributed by atoms with Crippen LogP contribution in [0.25, 0.3) is 5.65 Å². The molecule has 0 aliphatic carbocycles. The van der Waals surface area contributed by atoms with Gasteiger partial charge in [0.2, 0.25) is 5.91 Å². The Bertz CT molecular complexity index is 1280. The summed E-state index contributed by atoms with van der Waals surface area (Å²) in [5, 5.41) is 14.9. The molecular weight excluding hydrogens is 446 g/mol. The molecule has 0 saturated carbocycles. The average Bonchev–Trinajstić information content (AvgIpc) is 3.21. The molecule has 0 spiro atoms. The van der Waals surface area contributed by atoms with Crippen molar-refractivity contribution < 1.29 is 9.59 Å². The van der Waals surface area contributed by atoms with E-state index in [4.69, 9.17) is 11.6 Å². The Labute approximate surface area is 194 Å². The van der Waals surface area contributed by atoms with Crippen molar-refractivity contribution in [2.75, 3.05) is 11.1 Å². The Morgan fingerprint density at radius 2 is 1.88 bits per heavy atom. The number of thioether (sulfide) groups is 1. The van der Waals surface area contributed by atoms with Crippen LogP contribution in [0.5, 0.6) is 0 Å². The molecular formula is C23H20ClN5O2S. The van der Waals surface area contributed by atoms with Gasteiger partial charge in [-0.05, 0) is 42.3 Å². The molecule has 2 heterocycles. The number of nitrogens with zero attached hydrogens (tertiary/aromatic N) is 3. The molecule has 2 N–H and O–H groups in total. The predicted octanol–water partition coefficient (Wildman–Crippen LogP) is 4.35. The van der Waals surface area contributed by atoms with Crippen LogP contribution in [0.15, 0.2) is 72.0 Å². The minimum atomic E-state index is -0.214. The lowest BCUT2D eigenvalue weighted by Crippen LogP contribution is -2.23. The molecule has 0 atom stereocenters. The molecule has 0 aliphatic heterocycles. The number of fused-ring (bicyclic) bond motifs is 1. The number of amides is 2. The van der Waals surface area contributed by atoms with Gasteiger partial charge in [-0.2, -0.15) is 0 Å². The zero-order valence-electron chi connectivity index (χ0n) is 17.2. The molecule has 2 amide bonds. The fraction of sp³-hybridized carbons (Fsp3) is 0.130. The van der Waals surface area contributed by atoms with Gasteiger partial charge in [0, 0.05) is 12.7 Å². The first-order valence-electron chi connectivity index (χ1n) is 9.85. The van der Waals surface area contributed by atoms with Crippen LogP contribution in [-0.2, 0) is 11.3 Å². The lowest BCUT2D eigenvalue weighted by Gasteiger charge is -2.08. The summed E-state index contributed by atoms with van der Waals surface area (Å²) in [5.41, 5.74) is 3.66. The standard InChI is InChI=1S/C23H20ClN5O2S/c1-15-7-9-19(18(24)11-15)26-21(30)14-32-23-28-27-20-10-8-17(13-29(20)23)22(31)25-12-16-5-3-2-4-6-16/h2-11,13H,12,14H2,1H3,(H,25,31)(H,26,30). The van der Waals surface area contributed by atoms with Crippen molar-refractivity contribution in [3.05, 3.63) is 88.6 Å². The second-order valence-corrected chi connectivity index (χ2v) is 8.47. The van der Waals surface area contributed by atoms with Crippen LogP contribution in [0.1, 0.15) is 21.5 Å². The molecule has 0 aliphatic rings. The summed E-state index contributed by atoms with van der Waals surface area (Å²) in [6, 6.07) is 18.6. The minimum absolute atomic E-state index is 0.120. The largest absolute Gasteiger partial charge is 0.348 e. The molecule has 4 aromatic rings. The van der Waals surface area contributed by atoms with Crippen molar-refractivity contribution in [2.24, 2.45) is 0 Å². The Morgan fingerprint density at radius 3 is 2.66 bits per heavy atom. The maximum atomic E-state index is 12.6. The molecule has 2 aromatic carbocycles. The number of aromatic nitrogens is 3. The third kappa shape index (κ3) is 5.27. The molecule has 0 fully saturated rings. The number of hydrogen-bond acceptors (Lipinski definition) is 5. The van der Waals surface area contributed by atoms with E-state index in [2.05, 4.69) is 20.8 Å². The Kier molecular flexibility index (Phi) is 6.72. The SMILES string of the molecule is Cc1ccc(NC(=O)CSc2nnc3ccc(C(=O)NCc4ccccc4)cn23)c(Cl)c1. The third-order valence-electron chi connectivity index (χ3n) is 4.66. The second kappa shape index (κ2) is 9.84. The molecule has 2 aromatic heterocycles. The van der Waals surface area contributed by atoms with Crippen LogP contribution < -0.4 is 10.6 Å². The Morgan fingerprint density at radius 1 is 1.06 bits per heavy atom. The fourth-order valence-corrected chi connectivity index (χ4v) is 4.02. The zero-order chi connectivity index (χ0) is 22.5. The maximum Gasteiger partial charge on any atom is 0.253 e. The smallest absolute Gasteiger partial charge is 0.253 e. The van der Waals surface area contributed by atoms with E-state index in [1.165, 1.54) is 11.8 Å². The predicted molar refractivity (Wildman–Crippen MR) is 126 cm³/mol. The molecule has 4 rings (SSSR count). The van der Waals surface area contributed by atoms with Gasteiger partial charge >= 0.3 is 0 Å². The van der Waals surface area contributed by atoms with Gasteiger partial charge in [0.25, 0.3) is 5.91 Å². The van der Waals surface area contributed by atoms with Crippen molar-refractivity contribution >= 4 is 46.5 Å². The number of rotatable bonds is 7.